The number of nitrogens with zero attached hydrogens (tertiary/aromatic N) is 1. The highest BCUT2D eigenvalue weighted by molar-refractivity contribution is 7.89. The van der Waals surface area contributed by atoms with Gasteiger partial charge in [-0.2, -0.15) is 0 Å². The lowest BCUT2D eigenvalue weighted by atomic mass is 10.3. The zero-order valence-corrected chi connectivity index (χ0v) is 15.5. The van der Waals surface area contributed by atoms with E-state index in [2.05, 4.69) is 9.71 Å². The Balaban J connectivity index is 1.69. The Bertz CT molecular complexity index is 950. The molecule has 5 nitrogen and oxygen atoms in total. The molecular formula is C18H18N2O3S2. The minimum atomic E-state index is -3.58. The summed E-state index contributed by atoms with van der Waals surface area (Å²) in [7, 11) is -3.58. The van der Waals surface area contributed by atoms with Crippen LogP contribution in [0.25, 0.3) is 0 Å². The minimum Gasteiger partial charge on any atom is -0.457 e. The van der Waals surface area contributed by atoms with Crippen LogP contribution in [0.5, 0.6) is 11.5 Å². The number of aryl methyl sites for hydroxylation is 2. The number of sulfonamides is 1. The Morgan fingerprint density at radius 2 is 1.64 bits per heavy atom. The zero-order valence-electron chi connectivity index (χ0n) is 13.9. The molecule has 0 radical (unpaired) electrons. The Kier molecular flexibility index (Phi) is 5.17. The largest absolute Gasteiger partial charge is 0.457 e. The van der Waals surface area contributed by atoms with Gasteiger partial charge in [0.15, 0.2) is 0 Å². The van der Waals surface area contributed by atoms with Crippen molar-refractivity contribution < 1.29 is 13.2 Å². The molecule has 7 heteroatoms. The van der Waals surface area contributed by atoms with Crippen molar-refractivity contribution in [3.8, 4) is 11.5 Å². The number of rotatable bonds is 6. The fourth-order valence-electron chi connectivity index (χ4n) is 2.29. The third kappa shape index (κ3) is 4.45. The highest BCUT2D eigenvalue weighted by atomic mass is 32.2. The van der Waals surface area contributed by atoms with Crippen molar-refractivity contribution in [3.05, 3.63) is 70.2 Å². The Hall–Kier alpha value is -2.22. The van der Waals surface area contributed by atoms with Crippen molar-refractivity contribution in [3.63, 3.8) is 0 Å². The van der Waals surface area contributed by atoms with E-state index in [0.29, 0.717) is 11.5 Å². The van der Waals surface area contributed by atoms with Crippen LogP contribution in [-0.4, -0.2) is 13.4 Å². The van der Waals surface area contributed by atoms with Gasteiger partial charge in [-0.1, -0.05) is 18.2 Å². The molecule has 0 atom stereocenters. The van der Waals surface area contributed by atoms with Crippen LogP contribution in [-0.2, 0) is 16.6 Å². The van der Waals surface area contributed by atoms with Crippen molar-refractivity contribution in [2.24, 2.45) is 0 Å². The van der Waals surface area contributed by atoms with E-state index in [1.807, 2.05) is 44.2 Å². The summed E-state index contributed by atoms with van der Waals surface area (Å²) in [5.74, 6) is 1.28. The van der Waals surface area contributed by atoms with Gasteiger partial charge in [0.25, 0.3) is 0 Å². The number of thiazole rings is 1. The van der Waals surface area contributed by atoms with Crippen LogP contribution in [0.3, 0.4) is 0 Å². The van der Waals surface area contributed by atoms with E-state index in [0.717, 1.165) is 15.6 Å². The number of benzene rings is 2. The number of para-hydroxylation sites is 1. The maximum absolute atomic E-state index is 12.4. The molecule has 0 aliphatic carbocycles. The summed E-state index contributed by atoms with van der Waals surface area (Å²) in [6, 6.07) is 15.7. The van der Waals surface area contributed by atoms with Gasteiger partial charge in [0, 0.05) is 11.4 Å². The third-order valence-electron chi connectivity index (χ3n) is 3.54. The van der Waals surface area contributed by atoms with Crippen LogP contribution in [0.1, 0.15) is 15.6 Å². The summed E-state index contributed by atoms with van der Waals surface area (Å²) in [5.41, 5.74) is 0.858. The number of nitrogens with one attached hydrogen (secondary N) is 1. The lowest BCUT2D eigenvalue weighted by Gasteiger charge is -2.08. The van der Waals surface area contributed by atoms with E-state index < -0.39 is 10.0 Å². The molecule has 0 amide bonds. The first kappa shape index (κ1) is 17.6. The first-order valence-corrected chi connectivity index (χ1v) is 9.99. The maximum Gasteiger partial charge on any atom is 0.240 e. The smallest absolute Gasteiger partial charge is 0.240 e. The van der Waals surface area contributed by atoms with Crippen molar-refractivity contribution >= 4 is 21.4 Å². The molecular weight excluding hydrogens is 356 g/mol. The first-order valence-electron chi connectivity index (χ1n) is 7.69. The van der Waals surface area contributed by atoms with Gasteiger partial charge in [-0.25, -0.2) is 18.1 Å². The molecule has 0 unspecified atom stereocenters. The zero-order chi connectivity index (χ0) is 17.9. The van der Waals surface area contributed by atoms with Gasteiger partial charge < -0.3 is 4.74 Å². The van der Waals surface area contributed by atoms with Crippen LogP contribution in [0.2, 0.25) is 0 Å². The molecule has 25 heavy (non-hydrogen) atoms. The number of hydrogen-bond donors (Lipinski definition) is 1. The molecule has 1 heterocycles. The highest BCUT2D eigenvalue weighted by Gasteiger charge is 2.15. The third-order valence-corrected chi connectivity index (χ3v) is 6.03. The predicted octanol–water partition coefficient (Wildman–Crippen LogP) is 4.03. The second-order valence-electron chi connectivity index (χ2n) is 5.45. The molecule has 0 spiro atoms. The van der Waals surface area contributed by atoms with Gasteiger partial charge in [0.05, 0.1) is 15.6 Å². The highest BCUT2D eigenvalue weighted by Crippen LogP contribution is 2.23. The van der Waals surface area contributed by atoms with Gasteiger partial charge >= 0.3 is 0 Å². The number of hydrogen-bond acceptors (Lipinski definition) is 5. The standard InChI is InChI=1S/C18H18N2O3S2/c1-13-18(24-14(2)20-13)12-19-25(21,22)17-10-8-16(9-11-17)23-15-6-4-3-5-7-15/h3-11,19H,12H2,1-2H3. The summed E-state index contributed by atoms with van der Waals surface area (Å²) in [6.45, 7) is 4.02. The molecule has 3 rings (SSSR count). The summed E-state index contributed by atoms with van der Waals surface area (Å²) in [6.07, 6.45) is 0. The van der Waals surface area contributed by atoms with E-state index in [1.54, 1.807) is 12.1 Å². The average molecular weight is 374 g/mol. The molecule has 0 bridgehead atoms. The second-order valence-corrected chi connectivity index (χ2v) is 8.51. The molecule has 3 aromatic rings. The molecule has 0 fully saturated rings. The lowest BCUT2D eigenvalue weighted by Crippen LogP contribution is -2.23. The topological polar surface area (TPSA) is 68.3 Å². The van der Waals surface area contributed by atoms with Crippen LogP contribution in [0, 0.1) is 13.8 Å². The molecule has 0 saturated heterocycles. The molecule has 0 saturated carbocycles. The molecule has 130 valence electrons. The first-order chi connectivity index (χ1) is 11.9. The van der Waals surface area contributed by atoms with E-state index in [9.17, 15) is 8.42 Å². The van der Waals surface area contributed by atoms with E-state index in [4.69, 9.17) is 4.74 Å². The lowest BCUT2D eigenvalue weighted by molar-refractivity contribution is 0.482. The van der Waals surface area contributed by atoms with Crippen LogP contribution >= 0.6 is 11.3 Å². The van der Waals surface area contributed by atoms with E-state index in [-0.39, 0.29) is 11.4 Å². The SMILES string of the molecule is Cc1nc(C)c(CNS(=O)(=O)c2ccc(Oc3ccccc3)cc2)s1. The van der Waals surface area contributed by atoms with Crippen LogP contribution in [0.4, 0.5) is 0 Å². The quantitative estimate of drug-likeness (QED) is 0.707. The Morgan fingerprint density at radius 3 is 2.24 bits per heavy atom. The fourth-order valence-corrected chi connectivity index (χ4v) is 4.26. The average Bonchev–Trinajstić information content (AvgIpc) is 2.92. The maximum atomic E-state index is 12.4. The molecule has 1 aromatic heterocycles. The van der Waals surface area contributed by atoms with Crippen LogP contribution < -0.4 is 9.46 Å². The van der Waals surface area contributed by atoms with Crippen molar-refractivity contribution in [1.82, 2.24) is 9.71 Å². The van der Waals surface area contributed by atoms with E-state index >= 15 is 0 Å². The molecule has 2 aromatic carbocycles. The summed E-state index contributed by atoms with van der Waals surface area (Å²) >= 11 is 1.50. The summed E-state index contributed by atoms with van der Waals surface area (Å²) in [5, 5.41) is 0.925. The van der Waals surface area contributed by atoms with Gasteiger partial charge in [0.2, 0.25) is 10.0 Å². The van der Waals surface area contributed by atoms with Crippen molar-refractivity contribution in [2.75, 3.05) is 0 Å². The van der Waals surface area contributed by atoms with Crippen molar-refractivity contribution in [2.45, 2.75) is 25.3 Å². The normalized spacial score (nSPS) is 11.4. The molecule has 1 N–H and O–H groups in total. The summed E-state index contributed by atoms with van der Waals surface area (Å²) < 4.78 is 33.1. The predicted molar refractivity (Wildman–Crippen MR) is 98.6 cm³/mol. The van der Waals surface area contributed by atoms with Gasteiger partial charge in [-0.05, 0) is 50.2 Å². The van der Waals surface area contributed by atoms with E-state index in [1.165, 1.54) is 23.5 Å². The second kappa shape index (κ2) is 7.35. The monoisotopic (exact) mass is 374 g/mol. The molecule has 0 aliphatic heterocycles. The fraction of sp³-hybridized carbons (Fsp3) is 0.167. The van der Waals surface area contributed by atoms with Crippen molar-refractivity contribution in [1.29, 1.82) is 0 Å². The van der Waals surface area contributed by atoms with Gasteiger partial charge in [0.1, 0.15) is 11.5 Å². The Labute approximate surface area is 151 Å². The Morgan fingerprint density at radius 1 is 1.00 bits per heavy atom. The minimum absolute atomic E-state index is 0.201. The molecule has 0 aliphatic rings. The van der Waals surface area contributed by atoms with Gasteiger partial charge in [-0.15, -0.1) is 11.3 Å². The van der Waals surface area contributed by atoms with Gasteiger partial charge in [-0.3, -0.25) is 0 Å². The number of ether oxygens (including phenoxy) is 1. The number of aromatic nitrogens is 1. The van der Waals surface area contributed by atoms with Crippen LogP contribution in [0.15, 0.2) is 59.5 Å². The summed E-state index contributed by atoms with van der Waals surface area (Å²) in [4.78, 5) is 5.43.